The number of hydrogen-bond acceptors (Lipinski definition) is 2. The Morgan fingerprint density at radius 1 is 1.36 bits per heavy atom. The average Bonchev–Trinajstić information content (AvgIpc) is 2.47. The molecule has 2 atom stereocenters. The van der Waals surface area contributed by atoms with Crippen molar-refractivity contribution in [1.82, 2.24) is 4.90 Å². The van der Waals surface area contributed by atoms with Crippen LogP contribution in [0.5, 0.6) is 0 Å². The first kappa shape index (κ1) is 9.69. The van der Waals surface area contributed by atoms with Gasteiger partial charge in [0.15, 0.2) is 0 Å². The first-order valence-electron chi connectivity index (χ1n) is 5.22. The summed E-state index contributed by atoms with van der Waals surface area (Å²) in [5.74, 6) is 0. The van der Waals surface area contributed by atoms with Gasteiger partial charge in [-0.1, -0.05) is 30.3 Å². The highest BCUT2D eigenvalue weighted by Crippen LogP contribution is 2.19. The number of aliphatic hydroxyl groups is 1. The zero-order chi connectivity index (χ0) is 9.97. The van der Waals surface area contributed by atoms with Gasteiger partial charge >= 0.3 is 0 Å². The van der Waals surface area contributed by atoms with Crippen LogP contribution in [0.25, 0.3) is 0 Å². The lowest BCUT2D eigenvalue weighted by Gasteiger charge is -2.20. The lowest BCUT2D eigenvalue weighted by Crippen LogP contribution is -2.26. The van der Waals surface area contributed by atoms with Gasteiger partial charge < -0.3 is 5.11 Å². The summed E-state index contributed by atoms with van der Waals surface area (Å²) < 4.78 is 0. The quantitative estimate of drug-likeness (QED) is 0.768. The summed E-state index contributed by atoms with van der Waals surface area (Å²) in [6.45, 7) is 3.95. The normalized spacial score (nSPS) is 28.1. The first-order valence-corrected chi connectivity index (χ1v) is 5.22. The number of β-amino-alcohol motifs (C(OH)–C–C–N with tert-alkyl or cyclic N) is 1. The minimum Gasteiger partial charge on any atom is -0.392 e. The zero-order valence-corrected chi connectivity index (χ0v) is 8.56. The van der Waals surface area contributed by atoms with Gasteiger partial charge in [-0.25, -0.2) is 0 Å². The fourth-order valence-corrected chi connectivity index (χ4v) is 2.11. The molecule has 1 saturated heterocycles. The maximum Gasteiger partial charge on any atom is 0.0682 e. The van der Waals surface area contributed by atoms with Crippen molar-refractivity contribution in [2.24, 2.45) is 0 Å². The van der Waals surface area contributed by atoms with Crippen molar-refractivity contribution in [3.63, 3.8) is 0 Å². The van der Waals surface area contributed by atoms with Crippen molar-refractivity contribution in [3.05, 3.63) is 35.9 Å². The summed E-state index contributed by atoms with van der Waals surface area (Å²) in [5.41, 5.74) is 1.33. The topological polar surface area (TPSA) is 23.5 Å². The van der Waals surface area contributed by atoms with E-state index in [1.165, 1.54) is 5.56 Å². The zero-order valence-electron chi connectivity index (χ0n) is 8.56. The van der Waals surface area contributed by atoms with E-state index < -0.39 is 0 Å². The molecule has 1 aliphatic heterocycles. The third-order valence-corrected chi connectivity index (χ3v) is 2.91. The molecule has 1 aromatic rings. The summed E-state index contributed by atoms with van der Waals surface area (Å²) in [6, 6.07) is 10.9. The SMILES string of the molecule is C[C@@H]1C[C@H](O)CN1Cc1ccccc1. The highest BCUT2D eigenvalue weighted by molar-refractivity contribution is 5.14. The second-order valence-corrected chi connectivity index (χ2v) is 4.15. The Morgan fingerprint density at radius 3 is 2.64 bits per heavy atom. The average molecular weight is 191 g/mol. The number of aliphatic hydroxyl groups excluding tert-OH is 1. The number of likely N-dealkylation sites (tertiary alicyclic amines) is 1. The largest absolute Gasteiger partial charge is 0.392 e. The molecule has 0 saturated carbocycles. The monoisotopic (exact) mass is 191 g/mol. The van der Waals surface area contributed by atoms with E-state index in [1.54, 1.807) is 0 Å². The van der Waals surface area contributed by atoms with E-state index in [0.717, 1.165) is 19.5 Å². The molecule has 2 nitrogen and oxygen atoms in total. The van der Waals surface area contributed by atoms with Crippen LogP contribution in [0.2, 0.25) is 0 Å². The molecule has 0 aliphatic carbocycles. The number of nitrogens with zero attached hydrogens (tertiary/aromatic N) is 1. The maximum absolute atomic E-state index is 9.51. The van der Waals surface area contributed by atoms with E-state index >= 15 is 0 Å². The van der Waals surface area contributed by atoms with Gasteiger partial charge in [-0.15, -0.1) is 0 Å². The van der Waals surface area contributed by atoms with Crippen LogP contribution in [0.3, 0.4) is 0 Å². The Kier molecular flexibility index (Phi) is 2.85. The molecule has 0 radical (unpaired) electrons. The number of rotatable bonds is 2. The second-order valence-electron chi connectivity index (χ2n) is 4.15. The number of hydrogen-bond donors (Lipinski definition) is 1. The molecular formula is C12H17NO. The van der Waals surface area contributed by atoms with Crippen molar-refractivity contribution in [2.75, 3.05) is 6.54 Å². The van der Waals surface area contributed by atoms with E-state index in [9.17, 15) is 5.11 Å². The molecule has 2 rings (SSSR count). The fraction of sp³-hybridized carbons (Fsp3) is 0.500. The molecule has 1 heterocycles. The molecule has 76 valence electrons. The molecule has 0 bridgehead atoms. The molecule has 0 spiro atoms. The van der Waals surface area contributed by atoms with Gasteiger partial charge in [0.25, 0.3) is 0 Å². The van der Waals surface area contributed by atoms with Crippen molar-refractivity contribution in [2.45, 2.75) is 32.0 Å². The van der Waals surface area contributed by atoms with Gasteiger partial charge in [0, 0.05) is 19.1 Å². The van der Waals surface area contributed by atoms with Crippen LogP contribution < -0.4 is 0 Å². The van der Waals surface area contributed by atoms with Gasteiger partial charge in [0.2, 0.25) is 0 Å². The predicted octanol–water partition coefficient (Wildman–Crippen LogP) is 1.64. The Hall–Kier alpha value is -0.860. The molecule has 1 N–H and O–H groups in total. The molecular weight excluding hydrogens is 174 g/mol. The van der Waals surface area contributed by atoms with Crippen molar-refractivity contribution < 1.29 is 5.11 Å². The van der Waals surface area contributed by atoms with E-state index in [1.807, 2.05) is 6.07 Å². The van der Waals surface area contributed by atoms with Crippen molar-refractivity contribution in [3.8, 4) is 0 Å². The third kappa shape index (κ3) is 2.14. The van der Waals surface area contributed by atoms with Crippen LogP contribution in [0.1, 0.15) is 18.9 Å². The molecule has 0 amide bonds. The fourth-order valence-electron chi connectivity index (χ4n) is 2.11. The summed E-state index contributed by atoms with van der Waals surface area (Å²) >= 11 is 0. The molecule has 0 unspecified atom stereocenters. The van der Waals surface area contributed by atoms with Crippen LogP contribution in [0, 0.1) is 0 Å². The van der Waals surface area contributed by atoms with Crippen LogP contribution >= 0.6 is 0 Å². The maximum atomic E-state index is 9.51. The molecule has 2 heteroatoms. The molecule has 1 aromatic carbocycles. The Morgan fingerprint density at radius 2 is 2.07 bits per heavy atom. The Balaban J connectivity index is 1.98. The summed E-state index contributed by atoms with van der Waals surface area (Å²) in [5, 5.41) is 9.51. The molecule has 1 fully saturated rings. The summed E-state index contributed by atoms with van der Waals surface area (Å²) in [4.78, 5) is 2.33. The van der Waals surface area contributed by atoms with Crippen LogP contribution in [-0.4, -0.2) is 28.7 Å². The lowest BCUT2D eigenvalue weighted by molar-refractivity contribution is 0.173. The summed E-state index contributed by atoms with van der Waals surface area (Å²) in [6.07, 6.45) is 0.779. The number of benzene rings is 1. The van der Waals surface area contributed by atoms with E-state index in [-0.39, 0.29) is 6.10 Å². The van der Waals surface area contributed by atoms with Crippen LogP contribution in [-0.2, 0) is 6.54 Å². The third-order valence-electron chi connectivity index (χ3n) is 2.91. The minimum atomic E-state index is -0.131. The van der Waals surface area contributed by atoms with E-state index in [2.05, 4.69) is 36.1 Å². The van der Waals surface area contributed by atoms with E-state index in [0.29, 0.717) is 6.04 Å². The van der Waals surface area contributed by atoms with Gasteiger partial charge in [-0.3, -0.25) is 4.90 Å². The van der Waals surface area contributed by atoms with Crippen molar-refractivity contribution >= 4 is 0 Å². The molecule has 14 heavy (non-hydrogen) atoms. The van der Waals surface area contributed by atoms with E-state index in [4.69, 9.17) is 0 Å². The second kappa shape index (κ2) is 4.11. The summed E-state index contributed by atoms with van der Waals surface area (Å²) in [7, 11) is 0. The molecule has 0 aromatic heterocycles. The van der Waals surface area contributed by atoms with Gasteiger partial charge in [-0.05, 0) is 18.9 Å². The minimum absolute atomic E-state index is 0.131. The Labute approximate surface area is 85.2 Å². The Bertz CT molecular complexity index is 286. The first-order chi connectivity index (χ1) is 6.75. The molecule has 1 aliphatic rings. The van der Waals surface area contributed by atoms with Gasteiger partial charge in [0.1, 0.15) is 0 Å². The standard InChI is InChI=1S/C12H17NO/c1-10-7-12(14)9-13(10)8-11-5-3-2-4-6-11/h2-6,10,12,14H,7-9H2,1H3/t10-,12+/m1/s1. The lowest BCUT2D eigenvalue weighted by atomic mass is 10.2. The van der Waals surface area contributed by atoms with Gasteiger partial charge in [-0.2, -0.15) is 0 Å². The van der Waals surface area contributed by atoms with Gasteiger partial charge in [0.05, 0.1) is 6.10 Å². The van der Waals surface area contributed by atoms with Crippen LogP contribution in [0.4, 0.5) is 0 Å². The highest BCUT2D eigenvalue weighted by atomic mass is 16.3. The highest BCUT2D eigenvalue weighted by Gasteiger charge is 2.26. The van der Waals surface area contributed by atoms with Crippen LogP contribution in [0.15, 0.2) is 30.3 Å². The smallest absolute Gasteiger partial charge is 0.0682 e. The predicted molar refractivity (Wildman–Crippen MR) is 56.9 cm³/mol. The van der Waals surface area contributed by atoms with Crippen molar-refractivity contribution in [1.29, 1.82) is 0 Å².